The van der Waals surface area contributed by atoms with Crippen LogP contribution < -0.4 is 15.8 Å². The maximum atomic E-state index is 5.86. The van der Waals surface area contributed by atoms with E-state index in [1.807, 2.05) is 18.2 Å². The molecule has 1 aliphatic rings. The van der Waals surface area contributed by atoms with Gasteiger partial charge in [-0.1, -0.05) is 24.1 Å². The number of ether oxygens (including phenoxy) is 1. The normalized spacial score (nSPS) is 15.2. The maximum absolute atomic E-state index is 5.86. The van der Waals surface area contributed by atoms with Crippen LogP contribution in [0.25, 0.3) is 0 Å². The Morgan fingerprint density at radius 3 is 2.90 bits per heavy atom. The molecule has 0 heterocycles. The van der Waals surface area contributed by atoms with Crippen molar-refractivity contribution in [1.82, 2.24) is 5.32 Å². The SMILES string of the molecule is I.NC(=NCC1CCC1)NCCOc1cccc(Cl)c1. The van der Waals surface area contributed by atoms with Crippen LogP contribution in [0.15, 0.2) is 29.3 Å². The first-order valence-electron chi connectivity index (χ1n) is 6.66. The number of rotatable bonds is 6. The van der Waals surface area contributed by atoms with Crippen LogP contribution in [0.3, 0.4) is 0 Å². The number of nitrogens with two attached hydrogens (primary N) is 1. The van der Waals surface area contributed by atoms with Crippen molar-refractivity contribution < 1.29 is 4.74 Å². The van der Waals surface area contributed by atoms with Crippen LogP contribution in [-0.4, -0.2) is 25.7 Å². The fourth-order valence-corrected chi connectivity index (χ4v) is 2.04. The second-order valence-electron chi connectivity index (χ2n) is 4.76. The molecule has 0 amide bonds. The first kappa shape index (κ1) is 17.4. The summed E-state index contributed by atoms with van der Waals surface area (Å²) in [6.45, 7) is 2.00. The summed E-state index contributed by atoms with van der Waals surface area (Å²) < 4.78 is 5.54. The summed E-state index contributed by atoms with van der Waals surface area (Å²) in [6, 6.07) is 7.34. The molecule has 1 aromatic carbocycles. The molecule has 0 atom stereocenters. The number of nitrogens with one attached hydrogen (secondary N) is 1. The van der Waals surface area contributed by atoms with Gasteiger partial charge in [0.05, 0.1) is 6.54 Å². The Morgan fingerprint density at radius 1 is 1.45 bits per heavy atom. The first-order valence-corrected chi connectivity index (χ1v) is 7.04. The highest BCUT2D eigenvalue weighted by Crippen LogP contribution is 2.26. The van der Waals surface area contributed by atoms with Crippen molar-refractivity contribution in [2.24, 2.45) is 16.6 Å². The Kier molecular flexibility index (Phi) is 8.06. The standard InChI is InChI=1S/C14H20ClN3O.HI/c15-12-5-2-6-13(9-12)19-8-7-17-14(16)18-10-11-3-1-4-11;/h2,5-6,9,11H,1,3-4,7-8,10H2,(H3,16,17,18);1H. The zero-order valence-corrected chi connectivity index (χ0v) is 14.4. The van der Waals surface area contributed by atoms with Crippen LogP contribution in [0.1, 0.15) is 19.3 Å². The van der Waals surface area contributed by atoms with Gasteiger partial charge in [-0.2, -0.15) is 0 Å². The maximum Gasteiger partial charge on any atom is 0.188 e. The summed E-state index contributed by atoms with van der Waals surface area (Å²) in [5.74, 6) is 2.00. The van der Waals surface area contributed by atoms with E-state index in [4.69, 9.17) is 22.1 Å². The zero-order valence-electron chi connectivity index (χ0n) is 11.3. The number of hydrogen-bond donors (Lipinski definition) is 2. The molecule has 2 rings (SSSR count). The quantitative estimate of drug-likeness (QED) is 0.329. The molecule has 0 radical (unpaired) electrons. The molecule has 0 aliphatic heterocycles. The largest absolute Gasteiger partial charge is 0.492 e. The summed E-state index contributed by atoms with van der Waals surface area (Å²) in [5.41, 5.74) is 5.77. The Balaban J connectivity index is 0.00000200. The molecule has 1 aliphatic carbocycles. The Bertz CT molecular complexity index is 438. The summed E-state index contributed by atoms with van der Waals surface area (Å²) in [6.07, 6.45) is 3.91. The lowest BCUT2D eigenvalue weighted by Gasteiger charge is -2.23. The minimum absolute atomic E-state index is 0. The topological polar surface area (TPSA) is 59.6 Å². The third-order valence-corrected chi connectivity index (χ3v) is 3.45. The van der Waals surface area contributed by atoms with Crippen molar-refractivity contribution in [3.8, 4) is 5.75 Å². The molecular formula is C14H21ClIN3O. The van der Waals surface area contributed by atoms with Gasteiger partial charge < -0.3 is 15.8 Å². The van der Waals surface area contributed by atoms with Gasteiger partial charge >= 0.3 is 0 Å². The molecule has 0 unspecified atom stereocenters. The third-order valence-electron chi connectivity index (χ3n) is 3.22. The van der Waals surface area contributed by atoms with Gasteiger partial charge in [-0.3, -0.25) is 4.99 Å². The summed E-state index contributed by atoms with van der Waals surface area (Å²) >= 11 is 5.86. The van der Waals surface area contributed by atoms with Gasteiger partial charge in [-0.25, -0.2) is 0 Å². The number of nitrogens with zero attached hydrogens (tertiary/aromatic N) is 1. The van der Waals surface area contributed by atoms with Crippen LogP contribution in [0, 0.1) is 5.92 Å². The molecule has 0 aromatic heterocycles. The number of benzene rings is 1. The Labute approximate surface area is 142 Å². The molecule has 1 aromatic rings. The van der Waals surface area contributed by atoms with Crippen molar-refractivity contribution in [3.63, 3.8) is 0 Å². The molecule has 20 heavy (non-hydrogen) atoms. The van der Waals surface area contributed by atoms with E-state index in [1.165, 1.54) is 19.3 Å². The molecule has 0 saturated heterocycles. The van der Waals surface area contributed by atoms with Crippen molar-refractivity contribution in [3.05, 3.63) is 29.3 Å². The third kappa shape index (κ3) is 6.17. The van der Waals surface area contributed by atoms with E-state index in [2.05, 4.69) is 10.3 Å². The summed E-state index contributed by atoms with van der Waals surface area (Å²) in [4.78, 5) is 4.31. The fraction of sp³-hybridized carbons (Fsp3) is 0.500. The molecule has 4 nitrogen and oxygen atoms in total. The van der Waals surface area contributed by atoms with Crippen molar-refractivity contribution in [2.45, 2.75) is 19.3 Å². The van der Waals surface area contributed by atoms with Crippen molar-refractivity contribution in [1.29, 1.82) is 0 Å². The molecule has 3 N–H and O–H groups in total. The monoisotopic (exact) mass is 409 g/mol. The van der Waals surface area contributed by atoms with Crippen LogP contribution in [-0.2, 0) is 0 Å². The minimum Gasteiger partial charge on any atom is -0.492 e. The molecule has 0 bridgehead atoms. The predicted octanol–water partition coefficient (Wildman–Crippen LogP) is 3.04. The van der Waals surface area contributed by atoms with E-state index < -0.39 is 0 Å². The van der Waals surface area contributed by atoms with Gasteiger partial charge in [0.2, 0.25) is 0 Å². The van der Waals surface area contributed by atoms with E-state index in [0.717, 1.165) is 18.2 Å². The molecule has 112 valence electrons. The number of guanidine groups is 1. The Morgan fingerprint density at radius 2 is 2.25 bits per heavy atom. The molecule has 1 fully saturated rings. The van der Waals surface area contributed by atoms with Crippen LogP contribution in [0.5, 0.6) is 5.75 Å². The summed E-state index contributed by atoms with van der Waals surface area (Å²) in [7, 11) is 0. The van der Waals surface area contributed by atoms with E-state index in [1.54, 1.807) is 6.07 Å². The molecule has 6 heteroatoms. The van der Waals surface area contributed by atoms with Crippen LogP contribution in [0.4, 0.5) is 0 Å². The van der Waals surface area contributed by atoms with Crippen molar-refractivity contribution in [2.75, 3.05) is 19.7 Å². The smallest absolute Gasteiger partial charge is 0.188 e. The predicted molar refractivity (Wildman–Crippen MR) is 94.2 cm³/mol. The number of aliphatic imine (C=N–C) groups is 1. The van der Waals surface area contributed by atoms with Crippen molar-refractivity contribution >= 4 is 41.5 Å². The van der Waals surface area contributed by atoms with E-state index >= 15 is 0 Å². The second kappa shape index (κ2) is 9.28. The van der Waals surface area contributed by atoms with Gasteiger partial charge in [0, 0.05) is 11.6 Å². The number of halogens is 2. The van der Waals surface area contributed by atoms with Gasteiger partial charge in [0.15, 0.2) is 5.96 Å². The average molecular weight is 410 g/mol. The molecular weight excluding hydrogens is 389 g/mol. The number of hydrogen-bond acceptors (Lipinski definition) is 2. The van der Waals surface area contributed by atoms with Crippen LogP contribution >= 0.6 is 35.6 Å². The highest BCUT2D eigenvalue weighted by atomic mass is 127. The minimum atomic E-state index is 0. The highest BCUT2D eigenvalue weighted by Gasteiger charge is 2.16. The lowest BCUT2D eigenvalue weighted by Crippen LogP contribution is -2.35. The van der Waals surface area contributed by atoms with E-state index in [9.17, 15) is 0 Å². The van der Waals surface area contributed by atoms with E-state index in [0.29, 0.717) is 24.1 Å². The first-order chi connectivity index (χ1) is 9.24. The second-order valence-corrected chi connectivity index (χ2v) is 5.19. The zero-order chi connectivity index (χ0) is 13.5. The van der Waals surface area contributed by atoms with Gasteiger partial charge in [0.25, 0.3) is 0 Å². The molecule has 1 saturated carbocycles. The lowest BCUT2D eigenvalue weighted by molar-refractivity contribution is 0.320. The lowest BCUT2D eigenvalue weighted by atomic mass is 9.86. The van der Waals surface area contributed by atoms with Crippen LogP contribution in [0.2, 0.25) is 5.02 Å². The van der Waals surface area contributed by atoms with Gasteiger partial charge in [-0.15, -0.1) is 24.0 Å². The van der Waals surface area contributed by atoms with Gasteiger partial charge in [-0.05, 0) is 37.0 Å². The van der Waals surface area contributed by atoms with E-state index in [-0.39, 0.29) is 24.0 Å². The fourth-order valence-electron chi connectivity index (χ4n) is 1.86. The summed E-state index contributed by atoms with van der Waals surface area (Å²) in [5, 5.41) is 3.71. The molecule has 0 spiro atoms. The average Bonchev–Trinajstić information content (AvgIpc) is 2.33. The highest BCUT2D eigenvalue weighted by molar-refractivity contribution is 14.0. The van der Waals surface area contributed by atoms with Gasteiger partial charge in [0.1, 0.15) is 12.4 Å². The Hall–Kier alpha value is -0.690.